The molecule has 2 N–H and O–H groups in total. The fourth-order valence-electron chi connectivity index (χ4n) is 2.78. The van der Waals surface area contributed by atoms with Crippen LogP contribution in [0.1, 0.15) is 41.5 Å². The lowest BCUT2D eigenvalue weighted by atomic mass is 10.0. The third-order valence-corrected chi connectivity index (χ3v) is 4.49. The Balaban J connectivity index is 1.96. The van der Waals surface area contributed by atoms with Gasteiger partial charge < -0.3 is 20.1 Å². The number of ketones is 1. The largest absolute Gasteiger partial charge is 0.497 e. The minimum absolute atomic E-state index is 0.200. The molecule has 2 amide bonds. The number of hydrogen-bond donors (Lipinski definition) is 2. The van der Waals surface area contributed by atoms with Crippen LogP contribution in [0.25, 0.3) is 0 Å². The Hall–Kier alpha value is -3.68. The van der Waals surface area contributed by atoms with Crippen LogP contribution in [0.15, 0.2) is 48.5 Å². The fourth-order valence-corrected chi connectivity index (χ4v) is 2.78. The van der Waals surface area contributed by atoms with E-state index in [0.29, 0.717) is 22.6 Å². The number of Topliss-reactive ketones (excluding diaryl/α,β-unsaturated/α-hetero) is 1. The van der Waals surface area contributed by atoms with E-state index in [1.807, 2.05) is 0 Å². The summed E-state index contributed by atoms with van der Waals surface area (Å²) in [6, 6.07) is 12.0. The molecule has 0 spiro atoms. The van der Waals surface area contributed by atoms with Crippen molar-refractivity contribution >= 4 is 29.3 Å². The van der Waals surface area contributed by atoms with Crippen LogP contribution < -0.4 is 15.4 Å². The molecule has 8 heteroatoms. The van der Waals surface area contributed by atoms with Crippen molar-refractivity contribution in [3.8, 4) is 5.75 Å². The van der Waals surface area contributed by atoms with Gasteiger partial charge in [-0.15, -0.1) is 0 Å². The van der Waals surface area contributed by atoms with E-state index in [-0.39, 0.29) is 11.7 Å². The summed E-state index contributed by atoms with van der Waals surface area (Å²) >= 11 is 0. The number of methoxy groups -OCH3 is 1. The lowest BCUT2D eigenvalue weighted by Gasteiger charge is -2.21. The summed E-state index contributed by atoms with van der Waals surface area (Å²) in [4.78, 5) is 48.8. The van der Waals surface area contributed by atoms with Crippen LogP contribution in [0.5, 0.6) is 5.75 Å². The van der Waals surface area contributed by atoms with Crippen molar-refractivity contribution in [3.63, 3.8) is 0 Å². The van der Waals surface area contributed by atoms with Gasteiger partial charge in [-0.25, -0.2) is 4.79 Å². The maximum atomic E-state index is 12.5. The van der Waals surface area contributed by atoms with Crippen molar-refractivity contribution in [1.29, 1.82) is 0 Å². The average molecular weight is 426 g/mol. The van der Waals surface area contributed by atoms with Gasteiger partial charge >= 0.3 is 5.97 Å². The number of hydrogen-bond acceptors (Lipinski definition) is 6. The summed E-state index contributed by atoms with van der Waals surface area (Å²) in [5.74, 6) is -1.63. The van der Waals surface area contributed by atoms with E-state index in [4.69, 9.17) is 9.47 Å². The van der Waals surface area contributed by atoms with E-state index in [1.165, 1.54) is 14.0 Å². The van der Waals surface area contributed by atoms with Crippen molar-refractivity contribution < 1.29 is 28.7 Å². The zero-order chi connectivity index (χ0) is 23.0. The molecular weight excluding hydrogens is 400 g/mol. The molecule has 2 rings (SSSR count). The average Bonchev–Trinajstić information content (AvgIpc) is 2.75. The molecule has 0 saturated carbocycles. The first-order valence-corrected chi connectivity index (χ1v) is 9.74. The molecule has 1 unspecified atom stereocenters. The van der Waals surface area contributed by atoms with Crippen molar-refractivity contribution in [2.24, 2.45) is 5.92 Å². The Morgan fingerprint density at radius 1 is 0.968 bits per heavy atom. The zero-order valence-electron chi connectivity index (χ0n) is 17.9. The van der Waals surface area contributed by atoms with Crippen LogP contribution in [-0.4, -0.2) is 43.3 Å². The second-order valence-electron chi connectivity index (χ2n) is 7.18. The van der Waals surface area contributed by atoms with Gasteiger partial charge in [0, 0.05) is 11.1 Å². The Bertz CT molecular complexity index is 953. The quantitative estimate of drug-likeness (QED) is 0.471. The number of nitrogens with one attached hydrogen (secondary N) is 2. The van der Waals surface area contributed by atoms with E-state index in [9.17, 15) is 19.2 Å². The molecule has 8 nitrogen and oxygen atoms in total. The number of para-hydroxylation sites is 1. The monoisotopic (exact) mass is 426 g/mol. The SMILES string of the molecule is COc1ccc(C(=O)NC(C(=O)OCC(=O)Nc2ccccc2C(C)=O)C(C)C)cc1. The highest BCUT2D eigenvalue weighted by Crippen LogP contribution is 2.16. The zero-order valence-corrected chi connectivity index (χ0v) is 17.9. The Kier molecular flexibility index (Phi) is 8.31. The minimum Gasteiger partial charge on any atom is -0.497 e. The van der Waals surface area contributed by atoms with E-state index in [2.05, 4.69) is 10.6 Å². The molecule has 0 aliphatic carbocycles. The molecule has 31 heavy (non-hydrogen) atoms. The third kappa shape index (κ3) is 6.67. The van der Waals surface area contributed by atoms with E-state index >= 15 is 0 Å². The second-order valence-corrected chi connectivity index (χ2v) is 7.18. The maximum Gasteiger partial charge on any atom is 0.329 e. The van der Waals surface area contributed by atoms with Crippen LogP contribution in [0, 0.1) is 5.92 Å². The van der Waals surface area contributed by atoms with Gasteiger partial charge in [0.2, 0.25) is 0 Å². The summed E-state index contributed by atoms with van der Waals surface area (Å²) in [5, 5.41) is 5.19. The lowest BCUT2D eigenvalue weighted by Crippen LogP contribution is -2.45. The molecule has 1 atom stereocenters. The van der Waals surface area contributed by atoms with Gasteiger partial charge in [-0.05, 0) is 49.2 Å². The standard InChI is InChI=1S/C23H26N2O6/c1-14(2)21(25-22(28)16-9-11-17(30-4)12-10-16)23(29)31-13-20(27)24-19-8-6-5-7-18(19)15(3)26/h5-12,14,21H,13H2,1-4H3,(H,24,27)(H,25,28). The number of anilines is 1. The first-order valence-electron chi connectivity index (χ1n) is 9.74. The molecule has 0 aliphatic rings. The van der Waals surface area contributed by atoms with Crippen molar-refractivity contribution in [3.05, 3.63) is 59.7 Å². The molecule has 0 aromatic heterocycles. The number of ether oxygens (including phenoxy) is 2. The number of carbonyl (C=O) groups is 4. The molecule has 2 aromatic rings. The molecule has 0 heterocycles. The highest BCUT2D eigenvalue weighted by molar-refractivity contribution is 6.04. The molecule has 2 aromatic carbocycles. The molecular formula is C23H26N2O6. The van der Waals surface area contributed by atoms with Gasteiger partial charge in [-0.3, -0.25) is 14.4 Å². The molecule has 0 bridgehead atoms. The van der Waals surface area contributed by atoms with Gasteiger partial charge in [0.15, 0.2) is 12.4 Å². The predicted molar refractivity (Wildman–Crippen MR) is 115 cm³/mol. The Morgan fingerprint density at radius 3 is 2.19 bits per heavy atom. The van der Waals surface area contributed by atoms with Gasteiger partial charge in [-0.1, -0.05) is 26.0 Å². The lowest BCUT2D eigenvalue weighted by molar-refractivity contribution is -0.150. The van der Waals surface area contributed by atoms with E-state index in [1.54, 1.807) is 62.4 Å². The minimum atomic E-state index is -0.938. The summed E-state index contributed by atoms with van der Waals surface area (Å²) in [6.45, 7) is 4.35. The van der Waals surface area contributed by atoms with Crippen LogP contribution >= 0.6 is 0 Å². The maximum absolute atomic E-state index is 12.5. The van der Waals surface area contributed by atoms with Gasteiger partial charge in [0.1, 0.15) is 11.8 Å². The number of benzene rings is 2. The fraction of sp³-hybridized carbons (Fsp3) is 0.304. The number of rotatable bonds is 9. The van der Waals surface area contributed by atoms with E-state index in [0.717, 1.165) is 0 Å². The predicted octanol–water partition coefficient (Wildman–Crippen LogP) is 2.83. The van der Waals surface area contributed by atoms with Crippen LogP contribution in [0.2, 0.25) is 0 Å². The first kappa shape index (κ1) is 23.6. The summed E-state index contributed by atoms with van der Waals surface area (Å²) in [5.41, 5.74) is 1.05. The summed E-state index contributed by atoms with van der Waals surface area (Å²) in [6.07, 6.45) is 0. The number of esters is 1. The van der Waals surface area contributed by atoms with Crippen molar-refractivity contribution in [2.45, 2.75) is 26.8 Å². The van der Waals surface area contributed by atoms with Crippen molar-refractivity contribution in [2.75, 3.05) is 19.0 Å². The Labute approximate surface area is 180 Å². The van der Waals surface area contributed by atoms with Crippen LogP contribution in [0.4, 0.5) is 5.69 Å². The van der Waals surface area contributed by atoms with Gasteiger partial charge in [-0.2, -0.15) is 0 Å². The van der Waals surface area contributed by atoms with Crippen molar-refractivity contribution in [1.82, 2.24) is 5.32 Å². The summed E-state index contributed by atoms with van der Waals surface area (Å²) in [7, 11) is 1.52. The number of carbonyl (C=O) groups excluding carboxylic acids is 4. The normalized spacial score (nSPS) is 11.4. The topological polar surface area (TPSA) is 111 Å². The summed E-state index contributed by atoms with van der Waals surface area (Å²) < 4.78 is 10.2. The smallest absolute Gasteiger partial charge is 0.329 e. The van der Waals surface area contributed by atoms with Gasteiger partial charge in [0.25, 0.3) is 11.8 Å². The molecule has 164 valence electrons. The number of amides is 2. The Morgan fingerprint density at radius 2 is 1.61 bits per heavy atom. The molecule has 0 fully saturated rings. The van der Waals surface area contributed by atoms with Gasteiger partial charge in [0.05, 0.1) is 12.8 Å². The molecule has 0 aliphatic heterocycles. The van der Waals surface area contributed by atoms with Crippen LogP contribution in [-0.2, 0) is 14.3 Å². The second kappa shape index (κ2) is 10.9. The van der Waals surface area contributed by atoms with Crippen LogP contribution in [0.3, 0.4) is 0 Å². The highest BCUT2D eigenvalue weighted by atomic mass is 16.5. The first-order chi connectivity index (χ1) is 14.7. The van der Waals surface area contributed by atoms with E-state index < -0.39 is 30.4 Å². The third-order valence-electron chi connectivity index (χ3n) is 4.49. The molecule has 0 saturated heterocycles. The molecule has 0 radical (unpaired) electrons. The highest BCUT2D eigenvalue weighted by Gasteiger charge is 2.27.